The van der Waals surface area contributed by atoms with Crippen LogP contribution in [0.1, 0.15) is 22.3 Å². The first-order valence-electron chi connectivity index (χ1n) is 11.3. The SMILES string of the molecule is COc1cccc(/C=C/C(=O)CC[NH+]2CCN(C(=O)c3cc(OC)c(OC)c(OC)c3)CC2)c1.[Cl-]. The van der Waals surface area contributed by atoms with E-state index in [-0.39, 0.29) is 24.1 Å². The summed E-state index contributed by atoms with van der Waals surface area (Å²) in [6.07, 6.45) is 3.91. The number of hydrogen-bond acceptors (Lipinski definition) is 6. The Labute approximate surface area is 212 Å². The molecule has 8 nitrogen and oxygen atoms in total. The summed E-state index contributed by atoms with van der Waals surface area (Å²) in [4.78, 5) is 28.5. The molecule has 3 rings (SSSR count). The van der Waals surface area contributed by atoms with E-state index in [1.54, 1.807) is 25.3 Å². The number of nitrogens with one attached hydrogen (secondary N) is 1. The van der Waals surface area contributed by atoms with Gasteiger partial charge in [0.05, 0.1) is 67.6 Å². The molecule has 9 heteroatoms. The zero-order valence-electron chi connectivity index (χ0n) is 20.6. The van der Waals surface area contributed by atoms with Crippen LogP contribution in [0.15, 0.2) is 42.5 Å². The van der Waals surface area contributed by atoms with Crippen LogP contribution in [0.4, 0.5) is 0 Å². The van der Waals surface area contributed by atoms with Crippen LogP contribution in [0, 0.1) is 0 Å². The molecule has 1 saturated heterocycles. The molecule has 190 valence electrons. The number of amides is 1. The molecule has 35 heavy (non-hydrogen) atoms. The van der Waals surface area contributed by atoms with Crippen molar-refractivity contribution >= 4 is 17.8 Å². The molecule has 0 radical (unpaired) electrons. The van der Waals surface area contributed by atoms with Crippen LogP contribution in [0.25, 0.3) is 6.08 Å². The lowest BCUT2D eigenvalue weighted by atomic mass is 10.1. The van der Waals surface area contributed by atoms with Gasteiger partial charge in [0.25, 0.3) is 5.91 Å². The van der Waals surface area contributed by atoms with E-state index in [0.717, 1.165) is 30.9 Å². The molecule has 0 unspecified atom stereocenters. The lowest BCUT2D eigenvalue weighted by Gasteiger charge is -2.32. The second-order valence-corrected chi connectivity index (χ2v) is 8.03. The maximum atomic E-state index is 13.1. The Morgan fingerprint density at radius 3 is 2.17 bits per heavy atom. The number of nitrogens with zero attached hydrogens (tertiary/aromatic N) is 1. The third kappa shape index (κ3) is 7.37. The normalized spacial score (nSPS) is 13.8. The number of carbonyl (C=O) groups excluding carboxylic acids is 2. The molecule has 0 aliphatic carbocycles. The van der Waals surface area contributed by atoms with Crippen molar-refractivity contribution in [3.8, 4) is 23.0 Å². The minimum Gasteiger partial charge on any atom is -1.00 e. The molecule has 2 aromatic rings. The zero-order valence-corrected chi connectivity index (χ0v) is 21.4. The van der Waals surface area contributed by atoms with E-state index >= 15 is 0 Å². The van der Waals surface area contributed by atoms with Crippen molar-refractivity contribution in [3.05, 3.63) is 53.6 Å². The Balaban J connectivity index is 0.00000432. The summed E-state index contributed by atoms with van der Waals surface area (Å²) in [7, 11) is 6.21. The standard InChI is InChI=1S/C26H32N2O6.ClH/c1-31-22-7-5-6-19(16-22)8-9-21(29)10-11-27-12-14-28(15-13-27)26(30)20-17-23(32-2)25(34-4)24(18-20)33-3;/h5-9,16-18H,10-15H2,1-4H3;1H/b9-8+;. The van der Waals surface area contributed by atoms with Crippen molar-refractivity contribution in [1.29, 1.82) is 0 Å². The van der Waals surface area contributed by atoms with Crippen molar-refractivity contribution in [2.75, 3.05) is 61.2 Å². The van der Waals surface area contributed by atoms with E-state index in [1.165, 1.54) is 26.2 Å². The summed E-state index contributed by atoms with van der Waals surface area (Å²) in [5.41, 5.74) is 1.43. The number of piperazine rings is 1. The van der Waals surface area contributed by atoms with Crippen molar-refractivity contribution in [1.82, 2.24) is 4.90 Å². The number of quaternary nitrogens is 1. The van der Waals surface area contributed by atoms with E-state index in [2.05, 4.69) is 0 Å². The van der Waals surface area contributed by atoms with Crippen LogP contribution in [0.3, 0.4) is 0 Å². The van der Waals surface area contributed by atoms with Gasteiger partial charge in [0, 0.05) is 5.56 Å². The van der Waals surface area contributed by atoms with Crippen LogP contribution in [0.5, 0.6) is 23.0 Å². The molecule has 1 aliphatic rings. The summed E-state index contributed by atoms with van der Waals surface area (Å²) in [6, 6.07) is 10.9. The maximum Gasteiger partial charge on any atom is 0.254 e. The number of methoxy groups -OCH3 is 4. The van der Waals surface area contributed by atoms with Crippen molar-refractivity contribution in [2.24, 2.45) is 0 Å². The van der Waals surface area contributed by atoms with Gasteiger partial charge in [-0.05, 0) is 35.9 Å². The Morgan fingerprint density at radius 2 is 1.60 bits per heavy atom. The number of rotatable bonds is 10. The molecule has 2 aromatic carbocycles. The van der Waals surface area contributed by atoms with E-state index in [4.69, 9.17) is 18.9 Å². The highest BCUT2D eigenvalue weighted by Crippen LogP contribution is 2.38. The third-order valence-electron chi connectivity index (χ3n) is 5.95. The van der Waals surface area contributed by atoms with Gasteiger partial charge in [-0.2, -0.15) is 0 Å². The molecule has 1 aliphatic heterocycles. The van der Waals surface area contributed by atoms with Crippen LogP contribution < -0.4 is 36.3 Å². The topological polar surface area (TPSA) is 78.7 Å². The first kappa shape index (κ1) is 28.0. The highest BCUT2D eigenvalue weighted by atomic mass is 35.5. The number of ketones is 1. The fourth-order valence-electron chi connectivity index (χ4n) is 3.98. The zero-order chi connectivity index (χ0) is 24.5. The lowest BCUT2D eigenvalue weighted by molar-refractivity contribution is -0.903. The molecule has 0 spiro atoms. The summed E-state index contributed by atoms with van der Waals surface area (Å²) in [6.45, 7) is 3.58. The van der Waals surface area contributed by atoms with E-state index < -0.39 is 0 Å². The van der Waals surface area contributed by atoms with Crippen LogP contribution in [-0.4, -0.2) is 77.8 Å². The van der Waals surface area contributed by atoms with Crippen LogP contribution in [0.2, 0.25) is 0 Å². The van der Waals surface area contributed by atoms with Gasteiger partial charge in [-0.25, -0.2) is 0 Å². The number of ether oxygens (including phenoxy) is 4. The van der Waals surface area contributed by atoms with Gasteiger partial charge in [-0.3, -0.25) is 9.59 Å². The molecule has 1 amide bonds. The summed E-state index contributed by atoms with van der Waals surface area (Å²) in [5.74, 6) is 2.14. The minimum atomic E-state index is -0.0735. The average molecular weight is 505 g/mol. The first-order chi connectivity index (χ1) is 16.5. The fraction of sp³-hybridized carbons (Fsp3) is 0.385. The van der Waals surface area contributed by atoms with Gasteiger partial charge in [0.2, 0.25) is 5.75 Å². The van der Waals surface area contributed by atoms with Crippen LogP contribution in [-0.2, 0) is 4.79 Å². The van der Waals surface area contributed by atoms with Crippen molar-refractivity contribution < 1.29 is 45.8 Å². The molecular formula is C26H33ClN2O6. The smallest absolute Gasteiger partial charge is 0.254 e. The molecule has 0 bridgehead atoms. The highest BCUT2D eigenvalue weighted by molar-refractivity contribution is 5.96. The maximum absolute atomic E-state index is 13.1. The molecule has 0 atom stereocenters. The third-order valence-corrected chi connectivity index (χ3v) is 5.95. The van der Waals surface area contributed by atoms with Gasteiger partial charge in [0.1, 0.15) is 5.75 Å². The van der Waals surface area contributed by atoms with Crippen molar-refractivity contribution in [2.45, 2.75) is 6.42 Å². The second kappa shape index (κ2) is 13.6. The molecule has 0 aromatic heterocycles. The Kier molecular flexibility index (Phi) is 10.9. The monoisotopic (exact) mass is 504 g/mol. The molecule has 1 heterocycles. The van der Waals surface area contributed by atoms with Gasteiger partial charge >= 0.3 is 0 Å². The summed E-state index contributed by atoms with van der Waals surface area (Å²) < 4.78 is 21.3. The van der Waals surface area contributed by atoms with Gasteiger partial charge in [-0.1, -0.05) is 18.2 Å². The molecule has 1 fully saturated rings. The van der Waals surface area contributed by atoms with Crippen LogP contribution >= 0.6 is 0 Å². The van der Waals surface area contributed by atoms with Crippen molar-refractivity contribution in [3.63, 3.8) is 0 Å². The number of benzene rings is 2. The number of carbonyl (C=O) groups is 2. The molecule has 1 N–H and O–H groups in total. The van der Waals surface area contributed by atoms with Gasteiger partial charge < -0.3 is 41.2 Å². The van der Waals surface area contributed by atoms with E-state index in [9.17, 15) is 9.59 Å². The Morgan fingerprint density at radius 1 is 0.943 bits per heavy atom. The lowest BCUT2D eigenvalue weighted by Crippen LogP contribution is -3.14. The largest absolute Gasteiger partial charge is 1.00 e. The number of allylic oxidation sites excluding steroid dienone is 1. The number of hydrogen-bond donors (Lipinski definition) is 1. The Hall–Kier alpha value is -3.23. The fourth-order valence-corrected chi connectivity index (χ4v) is 3.98. The minimum absolute atomic E-state index is 0. The van der Waals surface area contributed by atoms with E-state index in [1.807, 2.05) is 35.2 Å². The predicted octanol–water partition coefficient (Wildman–Crippen LogP) is -1.26. The number of halogens is 1. The quantitative estimate of drug-likeness (QED) is 0.407. The second-order valence-electron chi connectivity index (χ2n) is 8.03. The average Bonchev–Trinajstić information content (AvgIpc) is 2.89. The summed E-state index contributed by atoms with van der Waals surface area (Å²) >= 11 is 0. The van der Waals surface area contributed by atoms with E-state index in [0.29, 0.717) is 42.3 Å². The van der Waals surface area contributed by atoms with Gasteiger partial charge in [0.15, 0.2) is 17.3 Å². The first-order valence-corrected chi connectivity index (χ1v) is 11.3. The molecule has 0 saturated carbocycles. The summed E-state index contributed by atoms with van der Waals surface area (Å²) in [5, 5.41) is 0. The molecular weight excluding hydrogens is 472 g/mol. The Bertz CT molecular complexity index is 1010. The van der Waals surface area contributed by atoms with Gasteiger partial charge in [-0.15, -0.1) is 0 Å². The highest BCUT2D eigenvalue weighted by Gasteiger charge is 2.26. The predicted molar refractivity (Wildman–Crippen MR) is 129 cm³/mol.